The number of anilines is 1. The van der Waals surface area contributed by atoms with E-state index in [1.165, 1.54) is 0 Å². The molecule has 0 radical (unpaired) electrons. The van der Waals surface area contributed by atoms with E-state index < -0.39 is 0 Å². The van der Waals surface area contributed by atoms with Crippen molar-refractivity contribution in [2.75, 3.05) is 5.73 Å². The normalized spacial score (nSPS) is 10.6. The highest BCUT2D eigenvalue weighted by Crippen LogP contribution is 2.32. The van der Waals surface area contributed by atoms with Gasteiger partial charge in [0, 0.05) is 23.3 Å². The minimum Gasteiger partial charge on any atom is -0.383 e. The van der Waals surface area contributed by atoms with Gasteiger partial charge in [0.25, 0.3) is 0 Å². The number of pyridine rings is 1. The lowest BCUT2D eigenvalue weighted by molar-refractivity contribution is 1.21. The molecule has 0 spiro atoms. The average Bonchev–Trinajstić information content (AvgIpc) is 2.69. The van der Waals surface area contributed by atoms with Gasteiger partial charge in [-0.2, -0.15) is 5.26 Å². The Morgan fingerprint density at radius 1 is 0.962 bits per heavy atom. The Kier molecular flexibility index (Phi) is 3.79. The number of aromatic nitrogens is 3. The highest BCUT2D eigenvalue weighted by molar-refractivity contribution is 5.96. The van der Waals surface area contributed by atoms with Crippen LogP contribution in [0, 0.1) is 18.3 Å². The van der Waals surface area contributed by atoms with Crippen LogP contribution in [0.15, 0.2) is 60.9 Å². The van der Waals surface area contributed by atoms with Crippen molar-refractivity contribution in [1.29, 1.82) is 5.26 Å². The molecule has 0 aliphatic heterocycles. The van der Waals surface area contributed by atoms with E-state index in [2.05, 4.69) is 21.0 Å². The summed E-state index contributed by atoms with van der Waals surface area (Å²) in [6, 6.07) is 17.4. The van der Waals surface area contributed by atoms with Crippen molar-refractivity contribution < 1.29 is 0 Å². The van der Waals surface area contributed by atoms with Crippen LogP contribution in [-0.4, -0.2) is 15.0 Å². The summed E-state index contributed by atoms with van der Waals surface area (Å²) < 4.78 is 0. The van der Waals surface area contributed by atoms with Gasteiger partial charge in [-0.1, -0.05) is 18.2 Å². The van der Waals surface area contributed by atoms with Crippen molar-refractivity contribution >= 4 is 16.7 Å². The Bertz CT molecular complexity index is 1140. The summed E-state index contributed by atoms with van der Waals surface area (Å²) in [6.07, 6.45) is 3.43. The molecule has 0 atom stereocenters. The summed E-state index contributed by atoms with van der Waals surface area (Å²) in [5.74, 6) is 1.01. The summed E-state index contributed by atoms with van der Waals surface area (Å²) in [5.41, 5.74) is 11.6. The van der Waals surface area contributed by atoms with Crippen molar-refractivity contribution in [3.63, 3.8) is 0 Å². The van der Waals surface area contributed by atoms with Crippen molar-refractivity contribution in [2.24, 2.45) is 0 Å². The molecule has 5 nitrogen and oxygen atoms in total. The lowest BCUT2D eigenvalue weighted by Gasteiger charge is -2.12. The topological polar surface area (TPSA) is 88.5 Å². The van der Waals surface area contributed by atoms with E-state index in [1.54, 1.807) is 12.4 Å². The number of nitrogen functional groups attached to an aromatic ring is 1. The third-order valence-corrected chi connectivity index (χ3v) is 4.40. The molecule has 0 aliphatic carbocycles. The van der Waals surface area contributed by atoms with Gasteiger partial charge < -0.3 is 5.73 Å². The van der Waals surface area contributed by atoms with E-state index in [9.17, 15) is 0 Å². The molecular weight excluding hydrogens is 322 g/mol. The molecule has 26 heavy (non-hydrogen) atoms. The molecule has 2 aromatic heterocycles. The second kappa shape index (κ2) is 6.26. The Morgan fingerprint density at radius 3 is 2.46 bits per heavy atom. The number of hydrogen-bond acceptors (Lipinski definition) is 5. The second-order valence-electron chi connectivity index (χ2n) is 6.00. The number of fused-ring (bicyclic) bond motifs is 1. The van der Waals surface area contributed by atoms with Crippen LogP contribution in [0.5, 0.6) is 0 Å². The number of nitrogens with zero attached hydrogens (tertiary/aromatic N) is 4. The number of rotatable bonds is 2. The van der Waals surface area contributed by atoms with Crippen molar-refractivity contribution in [2.45, 2.75) is 6.92 Å². The molecular formula is C21H15N5. The number of nitriles is 1. The minimum absolute atomic E-state index is 0.446. The first-order valence-electron chi connectivity index (χ1n) is 8.15. The molecule has 0 saturated heterocycles. The van der Waals surface area contributed by atoms with E-state index in [0.29, 0.717) is 17.2 Å². The fourth-order valence-corrected chi connectivity index (χ4v) is 3.08. The van der Waals surface area contributed by atoms with Crippen molar-refractivity contribution in [3.8, 4) is 28.6 Å². The predicted octanol–water partition coefficient (Wildman–Crippen LogP) is 4.12. The van der Waals surface area contributed by atoms with E-state index in [-0.39, 0.29) is 0 Å². The third kappa shape index (κ3) is 2.64. The van der Waals surface area contributed by atoms with Gasteiger partial charge >= 0.3 is 0 Å². The maximum absolute atomic E-state index is 8.96. The van der Waals surface area contributed by atoms with Crippen LogP contribution < -0.4 is 5.73 Å². The molecule has 2 aromatic carbocycles. The van der Waals surface area contributed by atoms with E-state index in [1.807, 2.05) is 55.5 Å². The predicted molar refractivity (Wildman–Crippen MR) is 102 cm³/mol. The molecule has 4 rings (SSSR count). The molecule has 0 amide bonds. The highest BCUT2D eigenvalue weighted by atomic mass is 14.9. The van der Waals surface area contributed by atoms with E-state index in [0.717, 1.165) is 33.2 Å². The third-order valence-electron chi connectivity index (χ3n) is 4.40. The second-order valence-corrected chi connectivity index (χ2v) is 6.00. The molecule has 124 valence electrons. The fraction of sp³-hybridized carbons (Fsp3) is 0.0476. The van der Waals surface area contributed by atoms with Crippen LogP contribution in [0.3, 0.4) is 0 Å². The molecule has 2 heterocycles. The van der Waals surface area contributed by atoms with Gasteiger partial charge in [0.1, 0.15) is 5.82 Å². The molecule has 0 fully saturated rings. The van der Waals surface area contributed by atoms with Crippen molar-refractivity contribution in [3.05, 3.63) is 72.1 Å². The molecule has 0 saturated carbocycles. The van der Waals surface area contributed by atoms with Crippen LogP contribution >= 0.6 is 0 Å². The molecule has 0 bridgehead atoms. The summed E-state index contributed by atoms with van der Waals surface area (Å²) in [5, 5.41) is 9.81. The van der Waals surface area contributed by atoms with Gasteiger partial charge in [-0.15, -0.1) is 0 Å². The van der Waals surface area contributed by atoms with Crippen LogP contribution in [0.4, 0.5) is 5.82 Å². The van der Waals surface area contributed by atoms with Gasteiger partial charge in [-0.3, -0.25) is 4.98 Å². The zero-order valence-corrected chi connectivity index (χ0v) is 14.1. The minimum atomic E-state index is 0.446. The molecule has 4 aromatic rings. The van der Waals surface area contributed by atoms with Crippen LogP contribution in [-0.2, 0) is 0 Å². The smallest absolute Gasteiger partial charge is 0.163 e. The van der Waals surface area contributed by atoms with Gasteiger partial charge in [0.15, 0.2) is 5.82 Å². The van der Waals surface area contributed by atoms with Gasteiger partial charge in [0.05, 0.1) is 17.1 Å². The van der Waals surface area contributed by atoms with Gasteiger partial charge in [-0.05, 0) is 53.9 Å². The number of nitrogens with two attached hydrogens (primary N) is 1. The maximum Gasteiger partial charge on any atom is 0.163 e. The Morgan fingerprint density at radius 2 is 1.77 bits per heavy atom. The lowest BCUT2D eigenvalue weighted by Crippen LogP contribution is -2.00. The first kappa shape index (κ1) is 15.7. The SMILES string of the molecule is Cc1c(-c2ccc(C#N)cc2)ccc2nc(-c3cccnc3)nc(N)c12. The maximum atomic E-state index is 8.96. The molecule has 2 N–H and O–H groups in total. The first-order valence-corrected chi connectivity index (χ1v) is 8.15. The number of hydrogen-bond donors (Lipinski definition) is 1. The number of benzene rings is 2. The van der Waals surface area contributed by atoms with Crippen molar-refractivity contribution in [1.82, 2.24) is 15.0 Å². The first-order chi connectivity index (χ1) is 12.7. The Labute approximate surface area is 150 Å². The van der Waals surface area contributed by atoms with Crippen LogP contribution in [0.2, 0.25) is 0 Å². The Balaban J connectivity index is 1.88. The zero-order valence-electron chi connectivity index (χ0n) is 14.1. The standard InChI is InChI=1S/C21H15N5/c1-13-17(15-6-4-14(11-22)5-7-15)8-9-18-19(13)20(23)26-21(25-18)16-3-2-10-24-12-16/h2-10,12H,1H3,(H2,23,25,26). The van der Waals surface area contributed by atoms with Crippen LogP contribution in [0.1, 0.15) is 11.1 Å². The zero-order chi connectivity index (χ0) is 18.1. The summed E-state index contributed by atoms with van der Waals surface area (Å²) in [6.45, 7) is 2.01. The average molecular weight is 337 g/mol. The summed E-state index contributed by atoms with van der Waals surface area (Å²) >= 11 is 0. The van der Waals surface area contributed by atoms with E-state index >= 15 is 0 Å². The molecule has 5 heteroatoms. The quantitative estimate of drug-likeness (QED) is 0.594. The monoisotopic (exact) mass is 337 g/mol. The largest absolute Gasteiger partial charge is 0.383 e. The highest BCUT2D eigenvalue weighted by Gasteiger charge is 2.13. The summed E-state index contributed by atoms with van der Waals surface area (Å²) in [4.78, 5) is 13.2. The van der Waals surface area contributed by atoms with E-state index in [4.69, 9.17) is 11.0 Å². The lowest BCUT2D eigenvalue weighted by atomic mass is 9.96. The fourth-order valence-electron chi connectivity index (χ4n) is 3.08. The van der Waals surface area contributed by atoms with Gasteiger partial charge in [0.2, 0.25) is 0 Å². The Hall–Kier alpha value is -3.78. The van der Waals surface area contributed by atoms with Crippen LogP contribution in [0.25, 0.3) is 33.4 Å². The molecule has 0 unspecified atom stereocenters. The summed E-state index contributed by atoms with van der Waals surface area (Å²) in [7, 11) is 0. The van der Waals surface area contributed by atoms with Gasteiger partial charge in [-0.25, -0.2) is 9.97 Å². The molecule has 0 aliphatic rings. The number of aryl methyl sites for hydroxylation is 1.